The van der Waals surface area contributed by atoms with E-state index in [0.29, 0.717) is 102 Å². The molecule has 16 heterocycles. The Kier molecular flexibility index (Phi) is 19.3. The van der Waals surface area contributed by atoms with Crippen molar-refractivity contribution in [2.24, 2.45) is 0 Å². The third-order valence-corrected chi connectivity index (χ3v) is 20.2. The van der Waals surface area contributed by atoms with Crippen LogP contribution < -0.4 is 57.3 Å². The number of anilines is 10. The van der Waals surface area contributed by atoms with Gasteiger partial charge in [0.2, 0.25) is 0 Å². The van der Waals surface area contributed by atoms with Crippen LogP contribution in [0.2, 0.25) is 0 Å². The van der Waals surface area contributed by atoms with E-state index >= 15 is 0 Å². The second-order valence-corrected chi connectivity index (χ2v) is 29.5. The molecular weight excluding hydrogens is 1520 g/mol. The number of nitrogen functional groups attached to an aromatic ring is 10. The lowest BCUT2D eigenvalue weighted by molar-refractivity contribution is 0.0706. The highest BCUT2D eigenvalue weighted by molar-refractivity contribution is 6.06. The van der Waals surface area contributed by atoms with Crippen LogP contribution in [-0.4, -0.2) is 121 Å². The van der Waals surface area contributed by atoms with Gasteiger partial charge in [0, 0.05) is 89.8 Å². The van der Waals surface area contributed by atoms with E-state index in [4.69, 9.17) is 94.4 Å². The number of nitrogens with zero attached hydrogens (tertiary/aromatic N) is 22. The summed E-state index contributed by atoms with van der Waals surface area (Å²) in [5.41, 5.74) is 78.3. The number of fused-ring (bicyclic) bond motifs is 10. The first-order valence-corrected chi connectivity index (χ1v) is 38.0. The predicted octanol–water partition coefficient (Wildman–Crippen LogP) is 13.8. The second-order valence-electron chi connectivity index (χ2n) is 29.5. The average molecular weight is 1600 g/mol. The summed E-state index contributed by atoms with van der Waals surface area (Å²) in [5, 5.41) is 18.0. The van der Waals surface area contributed by atoms with Crippen LogP contribution in [0.15, 0.2) is 157 Å². The van der Waals surface area contributed by atoms with Crippen LogP contribution in [0.25, 0.3) is 167 Å². The number of oxazole rings is 5. The summed E-state index contributed by atoms with van der Waals surface area (Å²) >= 11 is 0. The molecule has 0 atom stereocenters. The van der Waals surface area contributed by atoms with Gasteiger partial charge in [-0.25, -0.2) is 49.5 Å². The Labute approximate surface area is 674 Å². The van der Waals surface area contributed by atoms with Crippen molar-refractivity contribution in [3.8, 4) is 56.0 Å². The van der Waals surface area contributed by atoms with E-state index in [9.17, 15) is 0 Å². The summed E-state index contributed by atoms with van der Waals surface area (Å²) in [6.45, 7) is 19.9. The van der Waals surface area contributed by atoms with Crippen LogP contribution in [0.5, 0.6) is 0 Å². The van der Waals surface area contributed by atoms with Crippen LogP contribution in [0, 0.1) is 6.92 Å². The van der Waals surface area contributed by atoms with Gasteiger partial charge in [0.1, 0.15) is 104 Å². The Morgan fingerprint density at radius 1 is 0.361 bits per heavy atom. The van der Waals surface area contributed by atoms with Gasteiger partial charge in [-0.3, -0.25) is 9.36 Å². The molecule has 602 valence electrons. The van der Waals surface area contributed by atoms with Crippen LogP contribution in [0.1, 0.15) is 104 Å². The molecule has 5 aromatic carbocycles. The van der Waals surface area contributed by atoms with Gasteiger partial charge < -0.3 is 93.3 Å². The first kappa shape index (κ1) is 76.0. The SMILES string of the molecule is CC(C)n1cc(-c2ccc3oc(N)nc3c2)c2c(N)ncnc21.CC(C)n1nc(-c2ccc3oc(N)nc3c2)c2c(N)nccc21.CC(C)n1nc2ncnc(N)c2c1-c1ccc2oc(N)nc2c1.Cc1nc(N)c2c(-c3ccc4oc(N)nc4c3)nn(C(C)C)c2n1.Nc1nc2cc(-c3cn(C4CCOCC4)c4ncnc(N)c34)ccc2o1. The quantitative estimate of drug-likeness (QED) is 0.0608. The first-order chi connectivity index (χ1) is 57.3. The largest absolute Gasteiger partial charge is 0.424 e. The third kappa shape index (κ3) is 14.2. The van der Waals surface area contributed by atoms with E-state index in [0.717, 1.165) is 131 Å². The van der Waals surface area contributed by atoms with E-state index in [1.807, 2.05) is 152 Å². The minimum Gasteiger partial charge on any atom is -0.424 e. The normalized spacial score (nSPS) is 12.7. The number of hydrogen-bond acceptors (Lipinski definition) is 33. The molecule has 38 nitrogen and oxygen atoms in total. The molecule has 119 heavy (non-hydrogen) atoms. The number of benzene rings is 5. The molecule has 0 aliphatic carbocycles. The molecule has 1 saturated heterocycles. The summed E-state index contributed by atoms with van der Waals surface area (Å²) in [7, 11) is 0. The van der Waals surface area contributed by atoms with Crippen molar-refractivity contribution in [2.45, 2.75) is 105 Å². The zero-order valence-corrected chi connectivity index (χ0v) is 66.0. The fourth-order valence-electron chi connectivity index (χ4n) is 14.8. The molecule has 1 aliphatic heterocycles. The standard InChI is InChI=1S/C18H18N6O2.C16H17N7O.2C16H16N6O.C15H15N7O/c19-16-15-12(10-1-2-14-13(7-10)23-18(20)26-14)8-24(17(15)22-9-21-16)11-3-5-25-6-4-11;1-7(2)23-15-12(14(17)19-8(3)20-15)13(22-23)9-4-5-11-10(6-9)21-16(18)24-11;1-8(2)22-6-10(13-14(17)19-7-20-15(13)22)9-3-4-12-11(5-9)21-16(18)23-12;1-8(2)22-11-5-6-19-15(17)13(11)14(21-22)9-3-4-12-10(7-9)20-16(18)23-12;1-7(2)22-12(11-13(16)18-6-19-14(11)21-22)8-3-4-10-9(5-8)20-15(17)23-10/h1-2,7-9,11H,3-6H2,(H2,20,23)(H2,19,21,22);4-7H,1-3H3,(H2,18,21)(H2,17,19,20);3-8H,1-2H3,(H2,18,21)(H2,17,19,20);3-8H,1-2H3,(H2,17,19)(H2,18,20);3-7H,1-2H3,(H2,17,20)(H2,16,18,19,21). The molecule has 20 N–H and O–H groups in total. The maximum absolute atomic E-state index is 6.21. The van der Waals surface area contributed by atoms with Gasteiger partial charge in [-0.2, -0.15) is 40.2 Å². The highest BCUT2D eigenvalue weighted by Crippen LogP contribution is 2.42. The number of rotatable bonds is 10. The van der Waals surface area contributed by atoms with Crippen molar-refractivity contribution < 1.29 is 26.8 Å². The van der Waals surface area contributed by atoms with Gasteiger partial charge >= 0.3 is 0 Å². The van der Waals surface area contributed by atoms with Crippen molar-refractivity contribution in [3.63, 3.8) is 0 Å². The molecule has 38 heteroatoms. The van der Waals surface area contributed by atoms with E-state index < -0.39 is 0 Å². The number of pyridine rings is 1. The number of aromatic nitrogens is 22. The molecule has 0 spiro atoms. The molecule has 1 fully saturated rings. The minimum absolute atomic E-state index is 0.136. The predicted molar refractivity (Wildman–Crippen MR) is 458 cm³/mol. The van der Waals surface area contributed by atoms with Crippen molar-refractivity contribution in [3.05, 3.63) is 140 Å². The summed E-state index contributed by atoms with van der Waals surface area (Å²) < 4.78 is 42.1. The summed E-state index contributed by atoms with van der Waals surface area (Å²) in [4.78, 5) is 59.5. The average Bonchev–Trinajstić information content (AvgIpc) is 1.62. The number of ether oxygens (including phenoxy) is 1. The fourth-order valence-corrected chi connectivity index (χ4v) is 14.8. The lowest BCUT2D eigenvalue weighted by atomic mass is 10.1. The van der Waals surface area contributed by atoms with E-state index in [1.165, 1.54) is 19.0 Å². The second kappa shape index (κ2) is 30.3. The summed E-state index contributed by atoms with van der Waals surface area (Å²) in [5.74, 6) is 2.83. The van der Waals surface area contributed by atoms with Crippen molar-refractivity contribution in [2.75, 3.05) is 70.6 Å². The Morgan fingerprint density at radius 2 is 0.782 bits per heavy atom. The molecule has 21 rings (SSSR count). The first-order valence-electron chi connectivity index (χ1n) is 38.0. The Bertz CT molecular complexity index is 7080. The molecule has 1 aliphatic rings. The van der Waals surface area contributed by atoms with Gasteiger partial charge in [-0.15, -0.1) is 0 Å². The fraction of sp³-hybridized carbons (Fsp3) is 0.222. The molecule has 0 radical (unpaired) electrons. The zero-order valence-electron chi connectivity index (χ0n) is 66.0. The van der Waals surface area contributed by atoms with Crippen LogP contribution in [-0.2, 0) is 4.74 Å². The molecule has 20 aromatic rings. The Morgan fingerprint density at radius 3 is 1.29 bits per heavy atom. The molecule has 0 bridgehead atoms. The Balaban J connectivity index is 0.000000106. The lowest BCUT2D eigenvalue weighted by Gasteiger charge is -2.24. The van der Waals surface area contributed by atoms with Gasteiger partial charge in [0.15, 0.2) is 39.2 Å². The number of nitrogens with two attached hydrogens (primary N) is 10. The van der Waals surface area contributed by atoms with Crippen LogP contribution in [0.4, 0.5) is 59.2 Å². The van der Waals surface area contributed by atoms with E-state index in [-0.39, 0.29) is 54.2 Å². The van der Waals surface area contributed by atoms with Gasteiger partial charge in [-0.1, -0.05) is 12.1 Å². The Hall–Kier alpha value is -15.6. The minimum atomic E-state index is 0.136. The lowest BCUT2D eigenvalue weighted by Crippen LogP contribution is -2.19. The summed E-state index contributed by atoms with van der Waals surface area (Å²) in [6, 6.07) is 32.2. The molecule has 0 unspecified atom stereocenters. The van der Waals surface area contributed by atoms with Gasteiger partial charge in [0.25, 0.3) is 30.1 Å². The van der Waals surface area contributed by atoms with Crippen molar-refractivity contribution in [1.82, 2.24) is 108 Å². The highest BCUT2D eigenvalue weighted by Gasteiger charge is 2.27. The maximum Gasteiger partial charge on any atom is 0.292 e. The molecule has 0 amide bonds. The molecule has 15 aromatic heterocycles. The van der Waals surface area contributed by atoms with Gasteiger partial charge in [-0.05, 0) is 171 Å². The van der Waals surface area contributed by atoms with Crippen molar-refractivity contribution >= 4 is 170 Å². The van der Waals surface area contributed by atoms with Crippen LogP contribution >= 0.6 is 0 Å². The molecule has 0 saturated carbocycles. The number of hydrogen-bond donors (Lipinski definition) is 10. The van der Waals surface area contributed by atoms with Crippen molar-refractivity contribution in [1.29, 1.82) is 0 Å². The van der Waals surface area contributed by atoms with E-state index in [2.05, 4.69) is 118 Å². The highest BCUT2D eigenvalue weighted by atomic mass is 16.5. The maximum atomic E-state index is 6.21. The molecular formula is C81H82N32O6. The van der Waals surface area contributed by atoms with E-state index in [1.54, 1.807) is 6.20 Å². The number of aryl methyl sites for hydroxylation is 1. The smallest absolute Gasteiger partial charge is 0.292 e. The third-order valence-electron chi connectivity index (χ3n) is 20.2. The van der Waals surface area contributed by atoms with Gasteiger partial charge in [0.05, 0.1) is 38.1 Å². The monoisotopic (exact) mass is 1600 g/mol. The topological polar surface area (TPSA) is 579 Å². The van der Waals surface area contributed by atoms with Crippen LogP contribution in [0.3, 0.4) is 0 Å². The zero-order chi connectivity index (χ0) is 83.1. The summed E-state index contributed by atoms with van der Waals surface area (Å²) in [6.07, 6.45) is 12.2.